The zero-order valence-corrected chi connectivity index (χ0v) is 7.79. The summed E-state index contributed by atoms with van der Waals surface area (Å²) in [5.41, 5.74) is 1.07. The van der Waals surface area contributed by atoms with Crippen molar-refractivity contribution in [1.82, 2.24) is 10.3 Å². The number of rotatable bonds is 2. The summed E-state index contributed by atoms with van der Waals surface area (Å²) >= 11 is 0. The molecule has 0 aromatic carbocycles. The number of anilines is 1. The lowest BCUT2D eigenvalue weighted by molar-refractivity contribution is 0.252. The van der Waals surface area contributed by atoms with Crippen LogP contribution in [0, 0.1) is 6.92 Å². The van der Waals surface area contributed by atoms with Crippen LogP contribution < -0.4 is 10.6 Å². The molecule has 0 saturated heterocycles. The third kappa shape index (κ3) is 3.11. The van der Waals surface area contributed by atoms with Crippen molar-refractivity contribution in [2.24, 2.45) is 0 Å². The highest BCUT2D eigenvalue weighted by Gasteiger charge is 1.98. The summed E-state index contributed by atoms with van der Waals surface area (Å²) < 4.78 is 0. The minimum absolute atomic E-state index is 0.223. The Morgan fingerprint density at radius 2 is 2.31 bits per heavy atom. The molecule has 4 nitrogen and oxygen atoms in total. The summed E-state index contributed by atoms with van der Waals surface area (Å²) in [6, 6.07) is 3.44. The number of hydrogen-bond donors (Lipinski definition) is 2. The van der Waals surface area contributed by atoms with E-state index in [4.69, 9.17) is 0 Å². The monoisotopic (exact) mass is 179 g/mol. The summed E-state index contributed by atoms with van der Waals surface area (Å²) in [7, 11) is 0. The summed E-state index contributed by atoms with van der Waals surface area (Å²) in [6.45, 7) is 4.42. The molecule has 13 heavy (non-hydrogen) atoms. The van der Waals surface area contributed by atoms with Crippen LogP contribution in [0.5, 0.6) is 0 Å². The second-order valence-corrected chi connectivity index (χ2v) is 2.71. The minimum Gasteiger partial charge on any atom is -0.338 e. The van der Waals surface area contributed by atoms with E-state index < -0.39 is 0 Å². The lowest BCUT2D eigenvalue weighted by Gasteiger charge is -2.04. The van der Waals surface area contributed by atoms with E-state index in [0.29, 0.717) is 12.4 Å². The Kier molecular flexibility index (Phi) is 3.25. The maximum Gasteiger partial charge on any atom is 0.320 e. The van der Waals surface area contributed by atoms with Crippen molar-refractivity contribution >= 4 is 11.8 Å². The number of pyridine rings is 1. The number of carbonyl (C=O) groups is 1. The largest absolute Gasteiger partial charge is 0.338 e. The van der Waals surface area contributed by atoms with Gasteiger partial charge in [0.25, 0.3) is 0 Å². The molecule has 1 aromatic rings. The first-order chi connectivity index (χ1) is 6.22. The first-order valence-corrected chi connectivity index (χ1v) is 4.20. The van der Waals surface area contributed by atoms with Gasteiger partial charge in [-0.05, 0) is 25.5 Å². The maximum absolute atomic E-state index is 11.0. The van der Waals surface area contributed by atoms with Crippen molar-refractivity contribution in [3.8, 4) is 0 Å². The van der Waals surface area contributed by atoms with Crippen LogP contribution in [0.25, 0.3) is 0 Å². The van der Waals surface area contributed by atoms with Crippen LogP contribution in [0.1, 0.15) is 12.5 Å². The number of carbonyl (C=O) groups excluding carboxylic acids is 1. The van der Waals surface area contributed by atoms with Crippen LogP contribution in [-0.2, 0) is 0 Å². The molecule has 1 rings (SSSR count). The zero-order valence-electron chi connectivity index (χ0n) is 7.79. The van der Waals surface area contributed by atoms with E-state index in [2.05, 4.69) is 15.6 Å². The molecule has 0 aliphatic rings. The van der Waals surface area contributed by atoms with Crippen molar-refractivity contribution in [3.05, 3.63) is 23.9 Å². The van der Waals surface area contributed by atoms with E-state index in [0.717, 1.165) is 5.56 Å². The lowest BCUT2D eigenvalue weighted by atomic mass is 10.3. The van der Waals surface area contributed by atoms with Gasteiger partial charge in [0.1, 0.15) is 5.82 Å². The van der Waals surface area contributed by atoms with Gasteiger partial charge < -0.3 is 5.32 Å². The third-order valence-corrected chi connectivity index (χ3v) is 1.49. The average molecular weight is 179 g/mol. The number of amides is 2. The van der Waals surface area contributed by atoms with E-state index >= 15 is 0 Å². The first-order valence-electron chi connectivity index (χ1n) is 4.20. The summed E-state index contributed by atoms with van der Waals surface area (Å²) in [6.07, 6.45) is 1.71. The van der Waals surface area contributed by atoms with Crippen molar-refractivity contribution in [1.29, 1.82) is 0 Å². The molecule has 0 radical (unpaired) electrons. The fourth-order valence-electron chi connectivity index (χ4n) is 0.863. The van der Waals surface area contributed by atoms with Crippen LogP contribution in [0.3, 0.4) is 0 Å². The Labute approximate surface area is 77.4 Å². The number of hydrogen-bond acceptors (Lipinski definition) is 2. The number of aryl methyl sites for hydroxylation is 1. The Bertz CT molecular complexity index is 281. The minimum atomic E-state index is -0.223. The van der Waals surface area contributed by atoms with E-state index in [-0.39, 0.29) is 6.03 Å². The second-order valence-electron chi connectivity index (χ2n) is 2.71. The number of aromatic nitrogens is 1. The van der Waals surface area contributed by atoms with Crippen LogP contribution in [0.2, 0.25) is 0 Å². The molecule has 0 unspecified atom stereocenters. The topological polar surface area (TPSA) is 54.0 Å². The lowest BCUT2D eigenvalue weighted by Crippen LogP contribution is -2.28. The number of urea groups is 1. The molecule has 0 aliphatic heterocycles. The summed E-state index contributed by atoms with van der Waals surface area (Å²) in [5, 5.41) is 5.23. The van der Waals surface area contributed by atoms with Gasteiger partial charge in [-0.1, -0.05) is 6.07 Å². The molecule has 0 spiro atoms. The molecule has 2 N–H and O–H groups in total. The average Bonchev–Trinajstić information content (AvgIpc) is 2.09. The fourth-order valence-corrected chi connectivity index (χ4v) is 0.863. The van der Waals surface area contributed by atoms with Gasteiger partial charge in [0.15, 0.2) is 0 Å². The van der Waals surface area contributed by atoms with Gasteiger partial charge in [0, 0.05) is 12.7 Å². The second kappa shape index (κ2) is 4.45. The van der Waals surface area contributed by atoms with E-state index in [1.165, 1.54) is 0 Å². The third-order valence-electron chi connectivity index (χ3n) is 1.49. The van der Waals surface area contributed by atoms with Crippen molar-refractivity contribution in [3.63, 3.8) is 0 Å². The van der Waals surface area contributed by atoms with Gasteiger partial charge in [-0.3, -0.25) is 5.32 Å². The molecule has 4 heteroatoms. The Morgan fingerprint density at radius 3 is 2.85 bits per heavy atom. The van der Waals surface area contributed by atoms with Gasteiger partial charge in [0.2, 0.25) is 0 Å². The van der Waals surface area contributed by atoms with Gasteiger partial charge in [-0.25, -0.2) is 9.78 Å². The SMILES string of the molecule is CCNC(=O)Nc1ccc(C)cn1. The van der Waals surface area contributed by atoms with Crippen LogP contribution in [0.4, 0.5) is 10.6 Å². The molecule has 0 saturated carbocycles. The van der Waals surface area contributed by atoms with Gasteiger partial charge >= 0.3 is 6.03 Å². The highest BCUT2D eigenvalue weighted by Crippen LogP contribution is 2.02. The van der Waals surface area contributed by atoms with E-state index in [9.17, 15) is 4.79 Å². The molecule has 0 bridgehead atoms. The maximum atomic E-state index is 11.0. The smallest absolute Gasteiger partial charge is 0.320 e. The summed E-state index contributed by atoms with van der Waals surface area (Å²) in [4.78, 5) is 15.1. The highest BCUT2D eigenvalue weighted by atomic mass is 16.2. The Morgan fingerprint density at radius 1 is 1.54 bits per heavy atom. The molecule has 1 aromatic heterocycles. The van der Waals surface area contributed by atoms with Gasteiger partial charge in [-0.15, -0.1) is 0 Å². The van der Waals surface area contributed by atoms with Gasteiger partial charge in [-0.2, -0.15) is 0 Å². The van der Waals surface area contributed by atoms with Crippen LogP contribution in [-0.4, -0.2) is 17.6 Å². The summed E-state index contributed by atoms with van der Waals surface area (Å²) in [5.74, 6) is 0.566. The van der Waals surface area contributed by atoms with Crippen molar-refractivity contribution < 1.29 is 4.79 Å². The van der Waals surface area contributed by atoms with Crippen LogP contribution in [0.15, 0.2) is 18.3 Å². The van der Waals surface area contributed by atoms with Gasteiger partial charge in [0.05, 0.1) is 0 Å². The predicted octanol–water partition coefficient (Wildman–Crippen LogP) is 1.53. The molecular formula is C9H13N3O. The molecule has 0 aliphatic carbocycles. The Balaban J connectivity index is 2.54. The fraction of sp³-hybridized carbons (Fsp3) is 0.333. The molecule has 0 fully saturated rings. The Hall–Kier alpha value is -1.58. The normalized spacial score (nSPS) is 9.38. The highest BCUT2D eigenvalue weighted by molar-refractivity contribution is 5.88. The number of nitrogens with zero attached hydrogens (tertiary/aromatic N) is 1. The molecule has 1 heterocycles. The standard InChI is InChI=1S/C9H13N3O/c1-3-10-9(13)12-8-5-4-7(2)6-11-8/h4-6H,3H2,1-2H3,(H2,10,11,12,13). The molecule has 70 valence electrons. The predicted molar refractivity (Wildman–Crippen MR) is 51.7 cm³/mol. The van der Waals surface area contributed by atoms with Crippen molar-refractivity contribution in [2.75, 3.05) is 11.9 Å². The van der Waals surface area contributed by atoms with Crippen molar-refractivity contribution in [2.45, 2.75) is 13.8 Å². The van der Waals surface area contributed by atoms with Crippen LogP contribution >= 0.6 is 0 Å². The molecule has 0 atom stereocenters. The molecular weight excluding hydrogens is 166 g/mol. The number of nitrogens with one attached hydrogen (secondary N) is 2. The van der Waals surface area contributed by atoms with E-state index in [1.807, 2.05) is 19.9 Å². The molecule has 2 amide bonds. The first kappa shape index (κ1) is 9.51. The van der Waals surface area contributed by atoms with E-state index in [1.54, 1.807) is 12.3 Å². The zero-order chi connectivity index (χ0) is 9.68. The quantitative estimate of drug-likeness (QED) is 0.723.